The van der Waals surface area contributed by atoms with Crippen molar-refractivity contribution in [1.29, 1.82) is 5.41 Å². The average molecular weight is 372 g/mol. The molecular weight excluding hydrogens is 342 g/mol. The second-order valence-electron chi connectivity index (χ2n) is 7.92. The van der Waals surface area contributed by atoms with Crippen LogP contribution in [0, 0.1) is 5.41 Å². The van der Waals surface area contributed by atoms with E-state index in [-0.39, 0.29) is 0 Å². The number of nitrogens with one attached hydrogen (secondary N) is 1. The summed E-state index contributed by atoms with van der Waals surface area (Å²) >= 11 is 0. The van der Waals surface area contributed by atoms with Crippen LogP contribution in [-0.4, -0.2) is 20.1 Å². The Morgan fingerprint density at radius 2 is 1.71 bits per heavy atom. The molecule has 144 valence electrons. The number of benzene rings is 3. The molecule has 4 rings (SSSR count). The zero-order chi connectivity index (χ0) is 19.8. The van der Waals surface area contributed by atoms with E-state index in [1.165, 1.54) is 27.5 Å². The summed E-state index contributed by atoms with van der Waals surface area (Å²) in [6.07, 6.45) is 3.29. The lowest BCUT2D eigenvalue weighted by atomic mass is 9.98. The quantitative estimate of drug-likeness (QED) is 0.453. The normalized spacial score (nSPS) is 13.6. The van der Waals surface area contributed by atoms with Crippen LogP contribution in [0.5, 0.6) is 0 Å². The molecule has 0 amide bonds. The lowest BCUT2D eigenvalue weighted by Gasteiger charge is -2.29. The van der Waals surface area contributed by atoms with Gasteiger partial charge < -0.3 is 9.80 Å². The number of guanidine groups is 1. The van der Waals surface area contributed by atoms with Crippen LogP contribution in [0.15, 0.2) is 54.6 Å². The predicted octanol–water partition coefficient (Wildman–Crippen LogP) is 5.96. The summed E-state index contributed by atoms with van der Waals surface area (Å²) in [5.74, 6) is 1.05. The Morgan fingerprint density at radius 1 is 0.964 bits per heavy atom. The van der Waals surface area contributed by atoms with Crippen molar-refractivity contribution in [3.63, 3.8) is 0 Å². The lowest BCUT2D eigenvalue weighted by molar-refractivity contribution is 0.733. The average Bonchev–Trinajstić information content (AvgIpc) is 3.18. The van der Waals surface area contributed by atoms with Crippen LogP contribution >= 0.6 is 0 Å². The Bertz CT molecular complexity index is 1020. The molecule has 0 aromatic heterocycles. The van der Waals surface area contributed by atoms with Gasteiger partial charge in [-0.3, -0.25) is 5.41 Å². The number of hydrogen-bond donors (Lipinski definition) is 1. The van der Waals surface area contributed by atoms with E-state index in [9.17, 15) is 0 Å². The van der Waals surface area contributed by atoms with Crippen molar-refractivity contribution < 1.29 is 0 Å². The van der Waals surface area contributed by atoms with E-state index in [0.717, 1.165) is 30.6 Å². The van der Waals surface area contributed by atoms with Gasteiger partial charge in [0.15, 0.2) is 0 Å². The van der Waals surface area contributed by atoms with Crippen LogP contribution in [-0.2, 0) is 12.8 Å². The Kier molecular flexibility index (Phi) is 4.84. The first-order valence-corrected chi connectivity index (χ1v) is 10.2. The van der Waals surface area contributed by atoms with E-state index >= 15 is 0 Å². The zero-order valence-electron chi connectivity index (χ0n) is 17.3. The van der Waals surface area contributed by atoms with Gasteiger partial charge in [-0.25, -0.2) is 0 Å². The van der Waals surface area contributed by atoms with Gasteiger partial charge in [0.1, 0.15) is 0 Å². The maximum Gasteiger partial charge on any atom is 0.202 e. The van der Waals surface area contributed by atoms with E-state index in [0.29, 0.717) is 11.9 Å². The third-order valence-corrected chi connectivity index (χ3v) is 6.32. The molecule has 1 aliphatic carbocycles. The minimum absolute atomic E-state index is 0.483. The van der Waals surface area contributed by atoms with Crippen LogP contribution in [0.2, 0.25) is 0 Å². The second-order valence-corrected chi connectivity index (χ2v) is 7.92. The van der Waals surface area contributed by atoms with E-state index in [4.69, 9.17) is 5.41 Å². The van der Waals surface area contributed by atoms with E-state index < -0.39 is 0 Å². The molecule has 0 saturated heterocycles. The highest BCUT2D eigenvalue weighted by atomic mass is 15.3. The summed E-state index contributed by atoms with van der Waals surface area (Å²) in [6, 6.07) is 19.6. The van der Waals surface area contributed by atoms with Crippen molar-refractivity contribution in [2.24, 2.45) is 0 Å². The van der Waals surface area contributed by atoms with Gasteiger partial charge in [-0.1, -0.05) is 50.2 Å². The van der Waals surface area contributed by atoms with E-state index in [1.807, 2.05) is 23.9 Å². The smallest absolute Gasteiger partial charge is 0.202 e. The fraction of sp³-hybridized carbons (Fsp3) is 0.320. The summed E-state index contributed by atoms with van der Waals surface area (Å²) in [7, 11) is 3.98. The van der Waals surface area contributed by atoms with Crippen molar-refractivity contribution >= 4 is 28.1 Å². The van der Waals surface area contributed by atoms with E-state index in [1.54, 1.807) is 0 Å². The summed E-state index contributed by atoms with van der Waals surface area (Å²) in [5, 5.41) is 11.5. The van der Waals surface area contributed by atoms with Gasteiger partial charge >= 0.3 is 0 Å². The molecule has 0 heterocycles. The van der Waals surface area contributed by atoms with Crippen molar-refractivity contribution in [2.45, 2.75) is 39.0 Å². The molecule has 0 fully saturated rings. The van der Waals surface area contributed by atoms with Gasteiger partial charge in [-0.15, -0.1) is 0 Å². The van der Waals surface area contributed by atoms with Crippen molar-refractivity contribution in [3.8, 4) is 0 Å². The number of rotatable bonds is 4. The molecule has 28 heavy (non-hydrogen) atoms. The predicted molar refractivity (Wildman–Crippen MR) is 121 cm³/mol. The molecule has 3 heteroatoms. The Morgan fingerprint density at radius 3 is 2.43 bits per heavy atom. The fourth-order valence-corrected chi connectivity index (χ4v) is 4.28. The number of aryl methyl sites for hydroxylation is 2. The number of hydrogen-bond acceptors (Lipinski definition) is 1. The minimum Gasteiger partial charge on any atom is -0.316 e. The maximum atomic E-state index is 8.80. The first kappa shape index (κ1) is 18.5. The standard InChI is InChI=1S/C25H29N3/c1-5-17(2)18-9-13-21(14-10-18)27(3)25(26)28(4)23-16-12-20-8-6-7-19-11-15-22(23)24(19)20/h6-10,12-14,16-17,26H,5,11,15H2,1-4H3. The first-order valence-electron chi connectivity index (χ1n) is 10.2. The summed E-state index contributed by atoms with van der Waals surface area (Å²) in [6.45, 7) is 4.47. The van der Waals surface area contributed by atoms with Gasteiger partial charge in [0.05, 0.1) is 0 Å². The summed E-state index contributed by atoms with van der Waals surface area (Å²) in [4.78, 5) is 3.97. The maximum absolute atomic E-state index is 8.80. The molecule has 1 N–H and O–H groups in total. The molecule has 3 aromatic carbocycles. The summed E-state index contributed by atoms with van der Waals surface area (Å²) in [5.41, 5.74) is 6.35. The van der Waals surface area contributed by atoms with Crippen LogP contribution in [0.4, 0.5) is 11.4 Å². The largest absolute Gasteiger partial charge is 0.316 e. The Balaban J connectivity index is 1.61. The molecule has 1 aliphatic rings. The van der Waals surface area contributed by atoms with Gasteiger partial charge in [0, 0.05) is 25.5 Å². The van der Waals surface area contributed by atoms with Gasteiger partial charge in [0.2, 0.25) is 5.96 Å². The van der Waals surface area contributed by atoms with Crippen molar-refractivity contribution in [1.82, 2.24) is 0 Å². The monoisotopic (exact) mass is 371 g/mol. The van der Waals surface area contributed by atoms with Crippen molar-refractivity contribution in [2.75, 3.05) is 23.9 Å². The summed E-state index contributed by atoms with van der Waals surface area (Å²) < 4.78 is 0. The highest BCUT2D eigenvalue weighted by molar-refractivity contribution is 6.07. The molecule has 0 radical (unpaired) electrons. The SMILES string of the molecule is CCC(C)c1ccc(N(C)C(=N)N(C)c2ccc3cccc4c3c2CC4)cc1. The van der Waals surface area contributed by atoms with Crippen LogP contribution in [0.3, 0.4) is 0 Å². The highest BCUT2D eigenvalue weighted by Crippen LogP contribution is 2.37. The lowest BCUT2D eigenvalue weighted by Crippen LogP contribution is -2.40. The molecule has 0 bridgehead atoms. The first-order chi connectivity index (χ1) is 13.5. The molecule has 3 nitrogen and oxygen atoms in total. The third kappa shape index (κ3) is 3.05. The fourth-order valence-electron chi connectivity index (χ4n) is 4.28. The van der Waals surface area contributed by atoms with Crippen LogP contribution < -0.4 is 9.80 Å². The molecule has 1 unspecified atom stereocenters. The van der Waals surface area contributed by atoms with E-state index in [2.05, 4.69) is 68.4 Å². The van der Waals surface area contributed by atoms with Crippen LogP contribution in [0.25, 0.3) is 10.8 Å². The van der Waals surface area contributed by atoms with Gasteiger partial charge in [-0.2, -0.15) is 0 Å². The molecule has 0 spiro atoms. The Hall–Kier alpha value is -2.81. The zero-order valence-corrected chi connectivity index (χ0v) is 17.3. The molecular formula is C25H29N3. The molecule has 1 atom stereocenters. The molecule has 0 aliphatic heterocycles. The topological polar surface area (TPSA) is 30.3 Å². The minimum atomic E-state index is 0.483. The third-order valence-electron chi connectivity index (χ3n) is 6.32. The highest BCUT2D eigenvalue weighted by Gasteiger charge is 2.22. The Labute approximate surface area is 168 Å². The second kappa shape index (κ2) is 7.31. The number of anilines is 2. The molecule has 0 saturated carbocycles. The van der Waals surface area contributed by atoms with Crippen molar-refractivity contribution in [3.05, 3.63) is 71.3 Å². The van der Waals surface area contributed by atoms with Gasteiger partial charge in [-0.05, 0) is 70.8 Å². The van der Waals surface area contributed by atoms with Gasteiger partial charge in [0.25, 0.3) is 0 Å². The number of nitrogens with zero attached hydrogens (tertiary/aromatic N) is 2. The van der Waals surface area contributed by atoms with Crippen LogP contribution in [0.1, 0.15) is 42.9 Å². The molecule has 3 aromatic rings.